The van der Waals surface area contributed by atoms with E-state index in [1.54, 1.807) is 0 Å². The van der Waals surface area contributed by atoms with Crippen LogP contribution in [-0.4, -0.2) is 17.9 Å². The number of nitrogens with two attached hydrogens (primary N) is 1. The van der Waals surface area contributed by atoms with Gasteiger partial charge in [0.25, 0.3) is 5.91 Å². The maximum atomic E-state index is 12.8. The molecule has 0 unspecified atom stereocenters. The Balaban J connectivity index is 2.07. The van der Waals surface area contributed by atoms with Crippen LogP contribution in [0.2, 0.25) is 0 Å². The molecule has 0 saturated carbocycles. The first-order chi connectivity index (χ1) is 10.1. The Hall–Kier alpha value is -2.69. The van der Waals surface area contributed by atoms with E-state index in [0.29, 0.717) is 6.42 Å². The Labute approximate surface area is 121 Å². The average molecular weight is 286 g/mol. The van der Waals surface area contributed by atoms with Crippen molar-refractivity contribution in [3.05, 3.63) is 71.5 Å². The summed E-state index contributed by atoms with van der Waals surface area (Å²) in [5, 5.41) is 2.56. The summed E-state index contributed by atoms with van der Waals surface area (Å²) in [6.45, 7) is 0. The highest BCUT2D eigenvalue weighted by molar-refractivity contribution is 5.97. The molecule has 4 nitrogen and oxygen atoms in total. The highest BCUT2D eigenvalue weighted by Gasteiger charge is 2.19. The van der Waals surface area contributed by atoms with Gasteiger partial charge in [-0.2, -0.15) is 0 Å². The Bertz CT molecular complexity index is 626. The molecule has 2 amide bonds. The molecular weight excluding hydrogens is 271 g/mol. The number of carbonyl (C=O) groups excluding carboxylic acids is 2. The van der Waals surface area contributed by atoms with Crippen LogP contribution in [0.25, 0.3) is 0 Å². The van der Waals surface area contributed by atoms with Crippen molar-refractivity contribution in [3.63, 3.8) is 0 Å². The molecule has 0 aliphatic rings. The third-order valence-electron chi connectivity index (χ3n) is 3.04. The number of primary amides is 1. The lowest BCUT2D eigenvalue weighted by Crippen LogP contribution is -2.45. The molecule has 0 radical (unpaired) electrons. The molecule has 21 heavy (non-hydrogen) atoms. The lowest BCUT2D eigenvalue weighted by molar-refractivity contribution is -0.119. The van der Waals surface area contributed by atoms with Gasteiger partial charge in [0, 0.05) is 12.0 Å². The zero-order chi connectivity index (χ0) is 15.2. The predicted molar refractivity (Wildman–Crippen MR) is 77.0 cm³/mol. The normalized spacial score (nSPS) is 11.7. The van der Waals surface area contributed by atoms with Crippen molar-refractivity contribution in [2.24, 2.45) is 5.73 Å². The Morgan fingerprint density at radius 1 is 1.05 bits per heavy atom. The molecule has 0 fully saturated rings. The first-order valence-electron chi connectivity index (χ1n) is 6.46. The van der Waals surface area contributed by atoms with Gasteiger partial charge >= 0.3 is 0 Å². The molecule has 5 heteroatoms. The first-order valence-corrected chi connectivity index (χ1v) is 6.46. The molecule has 0 heterocycles. The summed E-state index contributed by atoms with van der Waals surface area (Å²) in [4.78, 5) is 23.5. The molecule has 2 rings (SSSR count). The van der Waals surface area contributed by atoms with Gasteiger partial charge in [0.15, 0.2) is 0 Å². The monoisotopic (exact) mass is 286 g/mol. The first kappa shape index (κ1) is 14.7. The molecule has 0 bridgehead atoms. The van der Waals surface area contributed by atoms with Crippen molar-refractivity contribution in [2.75, 3.05) is 0 Å². The fourth-order valence-corrected chi connectivity index (χ4v) is 1.92. The van der Waals surface area contributed by atoms with Gasteiger partial charge in [-0.15, -0.1) is 0 Å². The van der Waals surface area contributed by atoms with E-state index in [0.717, 1.165) is 5.56 Å². The molecule has 108 valence electrons. The second-order valence-corrected chi connectivity index (χ2v) is 4.63. The molecule has 0 spiro atoms. The van der Waals surface area contributed by atoms with Crippen LogP contribution in [0.15, 0.2) is 54.6 Å². The Morgan fingerprint density at radius 3 is 2.24 bits per heavy atom. The highest BCUT2D eigenvalue weighted by Crippen LogP contribution is 2.06. The summed E-state index contributed by atoms with van der Waals surface area (Å²) < 4.78 is 12.8. The fraction of sp³-hybridized carbons (Fsp3) is 0.125. The SMILES string of the molecule is NC(=O)[C@@H](Cc1ccccc1)NC(=O)c1ccc(F)cc1. The second kappa shape index (κ2) is 6.65. The summed E-state index contributed by atoms with van der Waals surface area (Å²) in [6, 6.07) is 13.5. The summed E-state index contributed by atoms with van der Waals surface area (Å²) in [5.74, 6) is -1.51. The zero-order valence-corrected chi connectivity index (χ0v) is 11.3. The van der Waals surface area contributed by atoms with Gasteiger partial charge in [0.1, 0.15) is 11.9 Å². The van der Waals surface area contributed by atoms with Crippen LogP contribution in [0.3, 0.4) is 0 Å². The van der Waals surface area contributed by atoms with E-state index in [4.69, 9.17) is 5.73 Å². The van der Waals surface area contributed by atoms with Crippen LogP contribution in [0.5, 0.6) is 0 Å². The summed E-state index contributed by atoms with van der Waals surface area (Å²) in [7, 11) is 0. The molecule has 0 saturated heterocycles. The lowest BCUT2D eigenvalue weighted by Gasteiger charge is -2.15. The highest BCUT2D eigenvalue weighted by atomic mass is 19.1. The van der Waals surface area contributed by atoms with Crippen molar-refractivity contribution < 1.29 is 14.0 Å². The van der Waals surface area contributed by atoms with Crippen molar-refractivity contribution in [3.8, 4) is 0 Å². The van der Waals surface area contributed by atoms with E-state index in [9.17, 15) is 14.0 Å². The molecule has 0 aliphatic carbocycles. The van der Waals surface area contributed by atoms with Gasteiger partial charge in [0.2, 0.25) is 5.91 Å². The predicted octanol–water partition coefficient (Wildman–Crippen LogP) is 1.65. The van der Waals surface area contributed by atoms with Crippen LogP contribution in [-0.2, 0) is 11.2 Å². The van der Waals surface area contributed by atoms with Crippen LogP contribution in [0.4, 0.5) is 4.39 Å². The molecule has 1 atom stereocenters. The number of rotatable bonds is 5. The second-order valence-electron chi connectivity index (χ2n) is 4.63. The Morgan fingerprint density at radius 2 is 1.67 bits per heavy atom. The third-order valence-corrected chi connectivity index (χ3v) is 3.04. The number of benzene rings is 2. The van der Waals surface area contributed by atoms with Gasteiger partial charge in [-0.1, -0.05) is 30.3 Å². The zero-order valence-electron chi connectivity index (χ0n) is 11.3. The summed E-state index contributed by atoms with van der Waals surface area (Å²) in [6.07, 6.45) is 0.309. The largest absolute Gasteiger partial charge is 0.368 e. The van der Waals surface area contributed by atoms with Gasteiger partial charge in [-0.05, 0) is 29.8 Å². The minimum absolute atomic E-state index is 0.274. The smallest absolute Gasteiger partial charge is 0.251 e. The molecule has 0 aliphatic heterocycles. The molecule has 2 aromatic carbocycles. The van der Waals surface area contributed by atoms with E-state index in [-0.39, 0.29) is 5.56 Å². The van der Waals surface area contributed by atoms with Crippen LogP contribution >= 0.6 is 0 Å². The fourth-order valence-electron chi connectivity index (χ4n) is 1.92. The number of nitrogens with one attached hydrogen (secondary N) is 1. The average Bonchev–Trinajstić information content (AvgIpc) is 2.48. The summed E-state index contributed by atoms with van der Waals surface area (Å²) in [5.41, 5.74) is 6.48. The number of hydrogen-bond donors (Lipinski definition) is 2. The van der Waals surface area contributed by atoms with Gasteiger partial charge in [0.05, 0.1) is 0 Å². The van der Waals surface area contributed by atoms with Crippen molar-refractivity contribution in [1.29, 1.82) is 0 Å². The van der Waals surface area contributed by atoms with Crippen molar-refractivity contribution in [2.45, 2.75) is 12.5 Å². The number of amides is 2. The van der Waals surface area contributed by atoms with E-state index in [1.807, 2.05) is 30.3 Å². The topological polar surface area (TPSA) is 72.2 Å². The Kier molecular flexibility index (Phi) is 4.66. The van der Waals surface area contributed by atoms with Crippen LogP contribution < -0.4 is 11.1 Å². The van der Waals surface area contributed by atoms with E-state index in [2.05, 4.69) is 5.32 Å². The van der Waals surface area contributed by atoms with Crippen LogP contribution in [0.1, 0.15) is 15.9 Å². The number of hydrogen-bond acceptors (Lipinski definition) is 2. The van der Waals surface area contributed by atoms with Crippen LogP contribution in [0, 0.1) is 5.82 Å². The van der Waals surface area contributed by atoms with Gasteiger partial charge in [-0.3, -0.25) is 9.59 Å². The van der Waals surface area contributed by atoms with Gasteiger partial charge < -0.3 is 11.1 Å². The maximum Gasteiger partial charge on any atom is 0.251 e. The molecular formula is C16H15FN2O2. The molecule has 0 aromatic heterocycles. The number of carbonyl (C=O) groups is 2. The van der Waals surface area contributed by atoms with E-state index >= 15 is 0 Å². The van der Waals surface area contributed by atoms with Gasteiger partial charge in [-0.25, -0.2) is 4.39 Å². The number of halogens is 1. The third kappa shape index (κ3) is 4.14. The minimum Gasteiger partial charge on any atom is -0.368 e. The standard InChI is InChI=1S/C16H15FN2O2/c17-13-8-6-12(7-9-13)16(21)19-14(15(18)20)10-11-4-2-1-3-5-11/h1-9,14H,10H2,(H2,18,20)(H,19,21)/t14-/m1/s1. The van der Waals surface area contributed by atoms with Crippen molar-refractivity contribution in [1.82, 2.24) is 5.32 Å². The summed E-state index contributed by atoms with van der Waals surface area (Å²) >= 11 is 0. The van der Waals surface area contributed by atoms with E-state index < -0.39 is 23.7 Å². The lowest BCUT2D eigenvalue weighted by atomic mass is 10.0. The maximum absolute atomic E-state index is 12.8. The molecule has 2 aromatic rings. The quantitative estimate of drug-likeness (QED) is 0.877. The van der Waals surface area contributed by atoms with Crippen molar-refractivity contribution >= 4 is 11.8 Å². The minimum atomic E-state index is -0.815. The molecule has 3 N–H and O–H groups in total. The van der Waals surface area contributed by atoms with E-state index in [1.165, 1.54) is 24.3 Å².